The molecule has 1 aliphatic rings. The summed E-state index contributed by atoms with van der Waals surface area (Å²) in [5, 5.41) is 15.3. The number of ether oxygens (including phenoxy) is 1. The maximum atomic E-state index is 11.0. The molecule has 19 heavy (non-hydrogen) atoms. The molecule has 0 unspecified atom stereocenters. The molecule has 1 aromatic rings. The van der Waals surface area contributed by atoms with E-state index < -0.39 is 5.60 Å². The Balaban J connectivity index is 2.18. The molecule has 0 saturated heterocycles. The molecule has 2 rings (SSSR count). The number of hydrogen-bond donors (Lipinski definition) is 1. The second-order valence-corrected chi connectivity index (χ2v) is 6.29. The van der Waals surface area contributed by atoms with Crippen LogP contribution in [0.3, 0.4) is 0 Å². The van der Waals surface area contributed by atoms with Crippen molar-refractivity contribution in [3.05, 3.63) is 16.4 Å². The van der Waals surface area contributed by atoms with Crippen LogP contribution in [-0.2, 0) is 16.9 Å². The summed E-state index contributed by atoms with van der Waals surface area (Å²) in [5.41, 5.74) is 0.175. The maximum Gasteiger partial charge on any atom is 0.107 e. The first kappa shape index (κ1) is 15.0. The molecule has 0 aliphatic heterocycles. The number of halogens is 1. The maximum absolute atomic E-state index is 11.0. The molecule has 0 bridgehead atoms. The van der Waals surface area contributed by atoms with Crippen molar-refractivity contribution in [3.8, 4) is 0 Å². The molecule has 1 heterocycles. The highest BCUT2D eigenvalue weighted by Gasteiger charge is 2.38. The van der Waals surface area contributed by atoms with Gasteiger partial charge in [0.25, 0.3) is 0 Å². The first-order valence-electron chi connectivity index (χ1n) is 7.04. The molecular formula is C14H23BrN2O2. The van der Waals surface area contributed by atoms with Crippen molar-refractivity contribution in [1.29, 1.82) is 0 Å². The molecule has 0 amide bonds. The second-order valence-electron chi connectivity index (χ2n) is 5.44. The van der Waals surface area contributed by atoms with Crippen molar-refractivity contribution >= 4 is 15.9 Å². The summed E-state index contributed by atoms with van der Waals surface area (Å²) < 4.78 is 7.89. The van der Waals surface area contributed by atoms with Gasteiger partial charge in [0.15, 0.2) is 0 Å². The van der Waals surface area contributed by atoms with Gasteiger partial charge in [-0.05, 0) is 47.5 Å². The molecule has 1 saturated carbocycles. The van der Waals surface area contributed by atoms with Crippen LogP contribution in [0, 0.1) is 5.92 Å². The Morgan fingerprint density at radius 2 is 2.21 bits per heavy atom. The van der Waals surface area contributed by atoms with Crippen molar-refractivity contribution in [2.24, 2.45) is 5.92 Å². The smallest absolute Gasteiger partial charge is 0.107 e. The Labute approximate surface area is 123 Å². The van der Waals surface area contributed by atoms with Crippen LogP contribution in [0.5, 0.6) is 0 Å². The predicted octanol–water partition coefficient (Wildman–Crippen LogP) is 3.08. The molecule has 0 atom stereocenters. The van der Waals surface area contributed by atoms with Crippen molar-refractivity contribution < 1.29 is 9.84 Å². The monoisotopic (exact) mass is 330 g/mol. The van der Waals surface area contributed by atoms with E-state index in [2.05, 4.69) is 28.0 Å². The third-order valence-electron chi connectivity index (χ3n) is 4.25. The number of aliphatic hydroxyl groups is 1. The molecule has 0 aromatic carbocycles. The van der Waals surface area contributed by atoms with Crippen LogP contribution >= 0.6 is 15.9 Å². The third-order valence-corrected chi connectivity index (χ3v) is 4.83. The van der Waals surface area contributed by atoms with Crippen LogP contribution in [0.15, 0.2) is 10.7 Å². The number of aromatic nitrogens is 2. The number of hydrogen-bond acceptors (Lipinski definition) is 3. The van der Waals surface area contributed by atoms with Crippen LogP contribution in [0.1, 0.15) is 44.7 Å². The number of nitrogens with zero attached hydrogens (tertiary/aromatic N) is 2. The lowest BCUT2D eigenvalue weighted by Gasteiger charge is -2.36. The summed E-state index contributed by atoms with van der Waals surface area (Å²) in [7, 11) is 1.68. The molecule has 108 valence electrons. The zero-order valence-electron chi connectivity index (χ0n) is 11.7. The van der Waals surface area contributed by atoms with Crippen molar-refractivity contribution in [3.63, 3.8) is 0 Å². The fraction of sp³-hybridized carbons (Fsp3) is 0.786. The molecule has 0 radical (unpaired) electrons. The van der Waals surface area contributed by atoms with E-state index in [1.54, 1.807) is 13.3 Å². The van der Waals surface area contributed by atoms with Crippen molar-refractivity contribution in [1.82, 2.24) is 9.78 Å². The van der Waals surface area contributed by atoms with E-state index in [0.29, 0.717) is 13.2 Å². The zero-order valence-corrected chi connectivity index (χ0v) is 13.3. The Bertz CT molecular complexity index is 412. The minimum absolute atomic E-state index is 0.606. The Hall–Kier alpha value is -0.390. The van der Waals surface area contributed by atoms with Gasteiger partial charge in [0, 0.05) is 7.11 Å². The minimum Gasteiger partial charge on any atom is -0.384 e. The van der Waals surface area contributed by atoms with Gasteiger partial charge in [-0.15, -0.1) is 0 Å². The quantitative estimate of drug-likeness (QED) is 0.902. The normalized spacial score (nSPS) is 27.7. The summed E-state index contributed by atoms with van der Waals surface area (Å²) in [6.45, 7) is 3.51. The second kappa shape index (κ2) is 6.37. The fourth-order valence-electron chi connectivity index (χ4n) is 2.97. The highest BCUT2D eigenvalue weighted by Crippen LogP contribution is 2.42. The molecule has 1 fully saturated rings. The van der Waals surface area contributed by atoms with E-state index in [0.717, 1.165) is 41.8 Å². The van der Waals surface area contributed by atoms with Gasteiger partial charge in [-0.25, -0.2) is 0 Å². The lowest BCUT2D eigenvalue weighted by Crippen LogP contribution is -2.34. The van der Waals surface area contributed by atoms with Crippen LogP contribution < -0.4 is 0 Å². The van der Waals surface area contributed by atoms with Crippen LogP contribution in [0.4, 0.5) is 0 Å². The molecule has 0 spiro atoms. The predicted molar refractivity (Wildman–Crippen MR) is 77.9 cm³/mol. The van der Waals surface area contributed by atoms with E-state index in [9.17, 15) is 5.11 Å². The number of methoxy groups -OCH3 is 1. The molecule has 1 N–H and O–H groups in total. The van der Waals surface area contributed by atoms with Gasteiger partial charge in [-0.1, -0.05) is 13.3 Å². The van der Waals surface area contributed by atoms with Gasteiger partial charge in [0.05, 0.1) is 29.5 Å². The fourth-order valence-corrected chi connectivity index (χ4v) is 3.64. The van der Waals surface area contributed by atoms with Gasteiger partial charge in [0.2, 0.25) is 0 Å². The third kappa shape index (κ3) is 3.20. The molecule has 1 aliphatic carbocycles. The van der Waals surface area contributed by atoms with Gasteiger partial charge in [-0.2, -0.15) is 5.10 Å². The van der Waals surface area contributed by atoms with Gasteiger partial charge < -0.3 is 9.84 Å². The van der Waals surface area contributed by atoms with E-state index >= 15 is 0 Å². The molecular weight excluding hydrogens is 308 g/mol. The lowest BCUT2D eigenvalue weighted by atomic mass is 9.76. The first-order chi connectivity index (χ1) is 9.10. The van der Waals surface area contributed by atoms with E-state index in [4.69, 9.17) is 4.74 Å². The van der Waals surface area contributed by atoms with Crippen molar-refractivity contribution in [2.75, 3.05) is 13.7 Å². The highest BCUT2D eigenvalue weighted by molar-refractivity contribution is 9.10. The minimum atomic E-state index is -0.741. The topological polar surface area (TPSA) is 47.3 Å². The highest BCUT2D eigenvalue weighted by atomic mass is 79.9. The summed E-state index contributed by atoms with van der Waals surface area (Å²) in [6.07, 6.45) is 6.81. The average Bonchev–Trinajstić information content (AvgIpc) is 2.79. The Morgan fingerprint density at radius 1 is 1.53 bits per heavy atom. The Morgan fingerprint density at radius 3 is 2.79 bits per heavy atom. The van der Waals surface area contributed by atoms with Crippen molar-refractivity contribution in [2.45, 2.75) is 51.2 Å². The van der Waals surface area contributed by atoms with Crippen LogP contribution in [0.25, 0.3) is 0 Å². The molecule has 4 nitrogen and oxygen atoms in total. The summed E-state index contributed by atoms with van der Waals surface area (Å²) in [6, 6.07) is 0. The van der Waals surface area contributed by atoms with Crippen LogP contribution in [0.2, 0.25) is 0 Å². The molecule has 5 heteroatoms. The molecule has 1 aromatic heterocycles. The van der Waals surface area contributed by atoms with E-state index in [1.807, 2.05) is 4.68 Å². The largest absolute Gasteiger partial charge is 0.384 e. The van der Waals surface area contributed by atoms with E-state index in [-0.39, 0.29) is 0 Å². The summed E-state index contributed by atoms with van der Waals surface area (Å²) in [5.74, 6) is 0.759. The average molecular weight is 331 g/mol. The van der Waals surface area contributed by atoms with Crippen LogP contribution in [-0.4, -0.2) is 28.6 Å². The van der Waals surface area contributed by atoms with Gasteiger partial charge in [0.1, 0.15) is 5.60 Å². The summed E-state index contributed by atoms with van der Waals surface area (Å²) >= 11 is 3.53. The standard InChI is InChI=1S/C14H23BrN2O2/c1-3-11-4-6-14(18,7-5-11)13-12(15)10-16-17(13)8-9-19-2/h10-11,18H,3-9H2,1-2H3. The summed E-state index contributed by atoms with van der Waals surface area (Å²) in [4.78, 5) is 0. The lowest BCUT2D eigenvalue weighted by molar-refractivity contribution is -0.0234. The first-order valence-corrected chi connectivity index (χ1v) is 7.83. The zero-order chi connectivity index (χ0) is 13.9. The van der Waals surface area contributed by atoms with E-state index in [1.165, 1.54) is 6.42 Å². The van der Waals surface area contributed by atoms with Gasteiger partial charge in [-0.3, -0.25) is 4.68 Å². The number of rotatable bonds is 5. The SMILES string of the molecule is CCC1CCC(O)(c2c(Br)cnn2CCOC)CC1. The Kier molecular flexibility index (Phi) is 5.03. The van der Waals surface area contributed by atoms with Gasteiger partial charge >= 0.3 is 0 Å².